The predicted molar refractivity (Wildman–Crippen MR) is 135 cm³/mol. The molecular weight excluding hydrogens is 448 g/mol. The van der Waals surface area contributed by atoms with Crippen molar-refractivity contribution in [2.45, 2.75) is 33.2 Å². The second kappa shape index (κ2) is 11.8. The molecule has 0 saturated carbocycles. The van der Waals surface area contributed by atoms with Gasteiger partial charge in [0.25, 0.3) is 5.91 Å². The van der Waals surface area contributed by atoms with E-state index in [2.05, 4.69) is 19.2 Å². The molecule has 2 N–H and O–H groups in total. The average molecular weight is 483 g/mol. The molecule has 2 aromatic carbocycles. The number of carboxylic acid groups (broad SMARTS) is 1. The number of nitrogens with one attached hydrogen (secondary N) is 1. The molecule has 8 heteroatoms. The van der Waals surface area contributed by atoms with Crippen molar-refractivity contribution in [3.63, 3.8) is 0 Å². The minimum absolute atomic E-state index is 0.0833. The van der Waals surface area contributed by atoms with Gasteiger partial charge >= 0.3 is 5.97 Å². The van der Waals surface area contributed by atoms with E-state index in [0.717, 1.165) is 33.7 Å². The molecule has 0 spiro atoms. The Morgan fingerprint density at radius 3 is 2.46 bits per heavy atom. The zero-order valence-corrected chi connectivity index (χ0v) is 21.0. The van der Waals surface area contributed by atoms with E-state index in [0.29, 0.717) is 18.8 Å². The van der Waals surface area contributed by atoms with Crippen LogP contribution < -0.4 is 10.1 Å². The fourth-order valence-electron chi connectivity index (χ4n) is 3.86. The van der Waals surface area contributed by atoms with Crippen LogP contribution in [0.5, 0.6) is 5.75 Å². The monoisotopic (exact) mass is 482 g/mol. The zero-order chi connectivity index (χ0) is 25.5. The van der Waals surface area contributed by atoms with Gasteiger partial charge in [0.05, 0.1) is 19.1 Å². The molecule has 1 aromatic heterocycles. The Morgan fingerprint density at radius 1 is 1.11 bits per heavy atom. The number of fused-ring (bicyclic) bond motifs is 1. The normalized spacial score (nSPS) is 12.1. The van der Waals surface area contributed by atoms with Gasteiger partial charge in [-0.3, -0.25) is 9.59 Å². The minimum Gasteiger partial charge on any atom is -0.491 e. The lowest BCUT2D eigenvalue weighted by atomic mass is 9.97. The summed E-state index contributed by atoms with van der Waals surface area (Å²) in [5.74, 6) is 0.717. The van der Waals surface area contributed by atoms with Crippen molar-refractivity contribution in [1.29, 1.82) is 0 Å². The first kappa shape index (κ1) is 26.1. The molecule has 3 aromatic rings. The summed E-state index contributed by atoms with van der Waals surface area (Å²) in [6.07, 6.45) is -0.0877. The van der Waals surface area contributed by atoms with Crippen LogP contribution in [-0.4, -0.2) is 55.8 Å². The minimum atomic E-state index is -0.931. The number of ether oxygens (including phenoxy) is 2. The molecule has 0 aliphatic rings. The topological polar surface area (TPSA) is 101 Å². The molecule has 0 fully saturated rings. The molecule has 1 unspecified atom stereocenters. The molecule has 0 bridgehead atoms. The maximum absolute atomic E-state index is 12.6. The Bertz CT molecular complexity index is 1150. The molecule has 35 heavy (non-hydrogen) atoms. The number of amides is 1. The summed E-state index contributed by atoms with van der Waals surface area (Å²) in [6, 6.07) is 12.9. The van der Waals surface area contributed by atoms with E-state index in [-0.39, 0.29) is 30.8 Å². The number of hydrogen-bond donors (Lipinski definition) is 2. The van der Waals surface area contributed by atoms with Gasteiger partial charge in [-0.1, -0.05) is 13.8 Å². The molecule has 0 radical (unpaired) electrons. The second-order valence-electron chi connectivity index (χ2n) is 8.90. The third-order valence-corrected chi connectivity index (χ3v) is 5.91. The van der Waals surface area contributed by atoms with Gasteiger partial charge in [0.2, 0.25) is 0 Å². The molecule has 3 rings (SSSR count). The summed E-state index contributed by atoms with van der Waals surface area (Å²) in [5.41, 5.74) is 3.21. The van der Waals surface area contributed by atoms with Gasteiger partial charge in [0.1, 0.15) is 23.7 Å². The van der Waals surface area contributed by atoms with Crippen LogP contribution >= 0.6 is 0 Å². The smallest absolute Gasteiger partial charge is 0.305 e. The van der Waals surface area contributed by atoms with Crippen LogP contribution in [0.15, 0.2) is 46.9 Å². The molecule has 0 aliphatic heterocycles. The number of furan rings is 1. The fraction of sp³-hybridized carbons (Fsp3) is 0.407. The standard InChI is InChI=1S/C27H34N2O6/c1-17(2)25(26-18(3)22-16-21(34-15-14-33-5)10-11-23(22)35-26)28-20-8-6-19(7-9-20)27(32)29(4)13-12-24(30)31/h6-11,16-17,25,28H,12-15H2,1-5H3,(H,30,31). The van der Waals surface area contributed by atoms with Crippen molar-refractivity contribution in [3.05, 3.63) is 59.4 Å². The molecule has 1 heterocycles. The van der Waals surface area contributed by atoms with Gasteiger partial charge < -0.3 is 29.2 Å². The first-order valence-electron chi connectivity index (χ1n) is 11.7. The molecule has 0 saturated heterocycles. The highest BCUT2D eigenvalue weighted by Gasteiger charge is 2.24. The van der Waals surface area contributed by atoms with Crippen LogP contribution in [0, 0.1) is 12.8 Å². The fourth-order valence-corrected chi connectivity index (χ4v) is 3.86. The van der Waals surface area contributed by atoms with Crippen LogP contribution in [0.3, 0.4) is 0 Å². The lowest BCUT2D eigenvalue weighted by molar-refractivity contribution is -0.137. The van der Waals surface area contributed by atoms with Crippen molar-refractivity contribution in [2.24, 2.45) is 5.92 Å². The quantitative estimate of drug-likeness (QED) is 0.345. The van der Waals surface area contributed by atoms with Crippen molar-refractivity contribution in [2.75, 3.05) is 39.2 Å². The van der Waals surface area contributed by atoms with E-state index in [4.69, 9.17) is 19.0 Å². The van der Waals surface area contributed by atoms with Crippen molar-refractivity contribution in [1.82, 2.24) is 4.90 Å². The number of carboxylic acids is 1. The van der Waals surface area contributed by atoms with E-state index < -0.39 is 5.97 Å². The number of benzene rings is 2. The first-order valence-corrected chi connectivity index (χ1v) is 11.7. The zero-order valence-electron chi connectivity index (χ0n) is 21.0. The summed E-state index contributed by atoms with van der Waals surface area (Å²) >= 11 is 0. The lowest BCUT2D eigenvalue weighted by Gasteiger charge is -2.23. The van der Waals surface area contributed by atoms with Crippen LogP contribution in [0.1, 0.15) is 48.0 Å². The van der Waals surface area contributed by atoms with Gasteiger partial charge in [0.15, 0.2) is 0 Å². The molecule has 188 valence electrons. The Kier molecular flexibility index (Phi) is 8.76. The Morgan fingerprint density at radius 2 is 1.83 bits per heavy atom. The van der Waals surface area contributed by atoms with E-state index in [1.165, 1.54) is 4.90 Å². The number of nitrogens with zero attached hydrogens (tertiary/aromatic N) is 1. The number of anilines is 1. The summed E-state index contributed by atoms with van der Waals surface area (Å²) in [5, 5.41) is 13.4. The SMILES string of the molecule is COCCOc1ccc2oc(C(Nc3ccc(C(=O)N(C)CCC(=O)O)cc3)C(C)C)c(C)c2c1. The summed E-state index contributed by atoms with van der Waals surface area (Å²) < 4.78 is 17.1. The lowest BCUT2D eigenvalue weighted by Crippen LogP contribution is -2.29. The molecule has 1 atom stereocenters. The van der Waals surface area contributed by atoms with Crippen LogP contribution in [0.2, 0.25) is 0 Å². The van der Waals surface area contributed by atoms with Crippen LogP contribution in [0.4, 0.5) is 5.69 Å². The largest absolute Gasteiger partial charge is 0.491 e. The summed E-state index contributed by atoms with van der Waals surface area (Å²) in [7, 11) is 3.25. The number of aliphatic carboxylic acids is 1. The third kappa shape index (κ3) is 6.54. The number of hydrogen-bond acceptors (Lipinski definition) is 6. The Hall–Kier alpha value is -3.52. The van der Waals surface area contributed by atoms with E-state index >= 15 is 0 Å². The van der Waals surface area contributed by atoms with Gasteiger partial charge in [0, 0.05) is 42.9 Å². The van der Waals surface area contributed by atoms with Gasteiger partial charge in [-0.15, -0.1) is 0 Å². The maximum atomic E-state index is 12.6. The van der Waals surface area contributed by atoms with E-state index in [1.54, 1.807) is 26.3 Å². The maximum Gasteiger partial charge on any atom is 0.305 e. The highest BCUT2D eigenvalue weighted by atomic mass is 16.5. The summed E-state index contributed by atoms with van der Waals surface area (Å²) in [6.45, 7) is 7.46. The number of carbonyl (C=O) groups is 2. The number of aryl methyl sites for hydroxylation is 1. The van der Waals surface area contributed by atoms with Crippen molar-refractivity contribution >= 4 is 28.5 Å². The molecular formula is C27H34N2O6. The Balaban J connectivity index is 1.77. The first-order chi connectivity index (χ1) is 16.7. The second-order valence-corrected chi connectivity index (χ2v) is 8.90. The van der Waals surface area contributed by atoms with Gasteiger partial charge in [-0.25, -0.2) is 0 Å². The predicted octanol–water partition coefficient (Wildman–Crippen LogP) is 5.12. The van der Waals surface area contributed by atoms with Crippen molar-refractivity contribution in [3.8, 4) is 5.75 Å². The van der Waals surface area contributed by atoms with Crippen LogP contribution in [-0.2, 0) is 9.53 Å². The average Bonchev–Trinajstić information content (AvgIpc) is 3.16. The molecule has 8 nitrogen and oxygen atoms in total. The van der Waals surface area contributed by atoms with Crippen molar-refractivity contribution < 1.29 is 28.6 Å². The number of rotatable bonds is 12. The highest BCUT2D eigenvalue weighted by Crippen LogP contribution is 2.36. The van der Waals surface area contributed by atoms with Gasteiger partial charge in [-0.05, 0) is 55.3 Å². The Labute approximate surface area is 205 Å². The summed E-state index contributed by atoms with van der Waals surface area (Å²) in [4.78, 5) is 24.7. The third-order valence-electron chi connectivity index (χ3n) is 5.91. The van der Waals surface area contributed by atoms with Gasteiger partial charge in [-0.2, -0.15) is 0 Å². The highest BCUT2D eigenvalue weighted by molar-refractivity contribution is 5.94. The van der Waals surface area contributed by atoms with E-state index in [9.17, 15) is 9.59 Å². The number of carbonyl (C=O) groups excluding carboxylic acids is 1. The molecule has 0 aliphatic carbocycles. The van der Waals surface area contributed by atoms with E-state index in [1.807, 2.05) is 37.3 Å². The van der Waals surface area contributed by atoms with Crippen LogP contribution in [0.25, 0.3) is 11.0 Å². The molecule has 1 amide bonds. The number of methoxy groups -OCH3 is 1.